The van der Waals surface area contributed by atoms with E-state index in [4.69, 9.17) is 0 Å². The quantitative estimate of drug-likeness (QED) is 0.667. The maximum atomic E-state index is 12.5. The average molecular weight is 364 g/mol. The summed E-state index contributed by atoms with van der Waals surface area (Å²) in [4.78, 5) is 14.1. The molecular formula is C21H24N4O2. The Morgan fingerprint density at radius 2 is 1.78 bits per heavy atom. The number of carbonyl (C=O) groups excluding carboxylic acids is 1. The third-order valence-electron chi connectivity index (χ3n) is 4.50. The zero-order chi connectivity index (χ0) is 19.1. The van der Waals surface area contributed by atoms with Crippen LogP contribution >= 0.6 is 0 Å². The minimum absolute atomic E-state index is 0.193. The van der Waals surface area contributed by atoms with Crippen molar-refractivity contribution in [3.05, 3.63) is 83.7 Å². The fraction of sp³-hybridized carbons (Fsp3) is 0.286. The number of carbonyl (C=O) groups is 1. The van der Waals surface area contributed by atoms with E-state index in [1.54, 1.807) is 22.8 Å². The molecule has 0 aliphatic carbocycles. The van der Waals surface area contributed by atoms with Gasteiger partial charge in [-0.3, -0.25) is 9.48 Å². The maximum Gasteiger partial charge on any atom is 0.275 e. The molecular weight excluding hydrogens is 340 g/mol. The molecule has 0 fully saturated rings. The summed E-state index contributed by atoms with van der Waals surface area (Å²) in [6.45, 7) is 1.10. The van der Waals surface area contributed by atoms with Gasteiger partial charge in [0, 0.05) is 20.1 Å². The third kappa shape index (κ3) is 5.24. The van der Waals surface area contributed by atoms with E-state index in [2.05, 4.69) is 22.4 Å². The highest BCUT2D eigenvalue weighted by Crippen LogP contribution is 2.16. The Labute approximate surface area is 159 Å². The summed E-state index contributed by atoms with van der Waals surface area (Å²) in [5.41, 5.74) is 2.39. The number of aryl methyl sites for hydroxylation is 2. The van der Waals surface area contributed by atoms with E-state index in [0.29, 0.717) is 25.2 Å². The summed E-state index contributed by atoms with van der Waals surface area (Å²) >= 11 is 0. The van der Waals surface area contributed by atoms with Gasteiger partial charge in [0.2, 0.25) is 0 Å². The Hall–Kier alpha value is -2.99. The lowest BCUT2D eigenvalue weighted by Crippen LogP contribution is -2.29. The van der Waals surface area contributed by atoms with Crippen LogP contribution in [0, 0.1) is 0 Å². The van der Waals surface area contributed by atoms with Crippen molar-refractivity contribution in [3.8, 4) is 0 Å². The van der Waals surface area contributed by atoms with Gasteiger partial charge in [-0.2, -0.15) is 0 Å². The van der Waals surface area contributed by atoms with E-state index < -0.39 is 6.10 Å². The van der Waals surface area contributed by atoms with Crippen LogP contribution in [0.25, 0.3) is 0 Å². The van der Waals surface area contributed by atoms with E-state index in [-0.39, 0.29) is 5.91 Å². The molecule has 1 N–H and O–H groups in total. The second-order valence-corrected chi connectivity index (χ2v) is 6.54. The predicted octanol–water partition coefficient (Wildman–Crippen LogP) is 2.72. The number of hydrogen-bond donors (Lipinski definition) is 1. The third-order valence-corrected chi connectivity index (χ3v) is 4.50. The van der Waals surface area contributed by atoms with Gasteiger partial charge >= 0.3 is 0 Å². The summed E-state index contributed by atoms with van der Waals surface area (Å²) in [6.07, 6.45) is 2.38. The van der Waals surface area contributed by atoms with Crippen LogP contribution in [0.3, 0.4) is 0 Å². The molecule has 1 aromatic heterocycles. The van der Waals surface area contributed by atoms with Gasteiger partial charge < -0.3 is 10.0 Å². The summed E-state index contributed by atoms with van der Waals surface area (Å²) in [7, 11) is 1.71. The molecule has 0 aliphatic heterocycles. The SMILES string of the molecule is CN(CCC(O)c1ccccc1)C(=O)c1cn(CCc2ccccc2)nn1. The molecule has 3 aromatic rings. The van der Waals surface area contributed by atoms with Crippen LogP contribution in [-0.4, -0.2) is 44.5 Å². The van der Waals surface area contributed by atoms with E-state index in [1.807, 2.05) is 48.5 Å². The van der Waals surface area contributed by atoms with Crippen LogP contribution in [0.4, 0.5) is 0 Å². The lowest BCUT2D eigenvalue weighted by Gasteiger charge is -2.18. The first-order chi connectivity index (χ1) is 13.1. The van der Waals surface area contributed by atoms with Gasteiger partial charge in [-0.05, 0) is 24.0 Å². The van der Waals surface area contributed by atoms with Crippen molar-refractivity contribution in [2.45, 2.75) is 25.5 Å². The Morgan fingerprint density at radius 1 is 1.11 bits per heavy atom. The maximum absolute atomic E-state index is 12.5. The molecule has 1 amide bonds. The van der Waals surface area contributed by atoms with Gasteiger partial charge in [-0.15, -0.1) is 5.10 Å². The monoisotopic (exact) mass is 364 g/mol. The molecule has 0 saturated carbocycles. The molecule has 3 rings (SSSR count). The highest BCUT2D eigenvalue weighted by Gasteiger charge is 2.17. The van der Waals surface area contributed by atoms with Crippen LogP contribution < -0.4 is 0 Å². The van der Waals surface area contributed by atoms with Gasteiger partial charge in [0.25, 0.3) is 5.91 Å². The highest BCUT2D eigenvalue weighted by atomic mass is 16.3. The van der Waals surface area contributed by atoms with Crippen molar-refractivity contribution < 1.29 is 9.90 Å². The number of rotatable bonds is 8. The Balaban J connectivity index is 1.50. The van der Waals surface area contributed by atoms with E-state index in [0.717, 1.165) is 12.0 Å². The molecule has 140 valence electrons. The largest absolute Gasteiger partial charge is 0.388 e. The first kappa shape index (κ1) is 18.8. The fourth-order valence-corrected chi connectivity index (χ4v) is 2.85. The number of aromatic nitrogens is 3. The smallest absolute Gasteiger partial charge is 0.275 e. The highest BCUT2D eigenvalue weighted by molar-refractivity contribution is 5.91. The second-order valence-electron chi connectivity index (χ2n) is 6.54. The molecule has 1 atom stereocenters. The van der Waals surface area contributed by atoms with Crippen LogP contribution in [0.1, 0.15) is 34.1 Å². The first-order valence-corrected chi connectivity index (χ1v) is 9.06. The Bertz CT molecular complexity index is 849. The van der Waals surface area contributed by atoms with E-state index >= 15 is 0 Å². The standard InChI is InChI=1S/C21H24N4O2/c1-24(14-13-20(26)18-10-6-3-7-11-18)21(27)19-16-25(23-22-19)15-12-17-8-4-2-5-9-17/h2-11,16,20,26H,12-15H2,1H3. The van der Waals surface area contributed by atoms with Crippen molar-refractivity contribution in [2.24, 2.45) is 0 Å². The molecule has 2 aromatic carbocycles. The molecule has 1 heterocycles. The van der Waals surface area contributed by atoms with Gasteiger partial charge in [0.15, 0.2) is 5.69 Å². The van der Waals surface area contributed by atoms with Crippen molar-refractivity contribution in [1.29, 1.82) is 0 Å². The minimum atomic E-state index is -0.594. The summed E-state index contributed by atoms with van der Waals surface area (Å²) in [5.74, 6) is -0.193. The number of hydrogen-bond acceptors (Lipinski definition) is 4. The number of aliphatic hydroxyl groups excluding tert-OH is 1. The minimum Gasteiger partial charge on any atom is -0.388 e. The van der Waals surface area contributed by atoms with E-state index in [1.165, 1.54) is 5.56 Å². The molecule has 0 saturated heterocycles. The molecule has 6 nitrogen and oxygen atoms in total. The molecule has 0 bridgehead atoms. The summed E-state index contributed by atoms with van der Waals surface area (Å²) in [6, 6.07) is 19.6. The summed E-state index contributed by atoms with van der Waals surface area (Å²) < 4.78 is 1.69. The molecule has 27 heavy (non-hydrogen) atoms. The first-order valence-electron chi connectivity index (χ1n) is 9.06. The van der Waals surface area contributed by atoms with Crippen LogP contribution in [-0.2, 0) is 13.0 Å². The normalized spacial score (nSPS) is 11.9. The number of amides is 1. The Kier molecular flexibility index (Phi) is 6.33. The molecule has 0 radical (unpaired) electrons. The number of nitrogens with zero attached hydrogens (tertiary/aromatic N) is 4. The van der Waals surface area contributed by atoms with Gasteiger partial charge in [-0.25, -0.2) is 0 Å². The number of aliphatic hydroxyl groups is 1. The van der Waals surface area contributed by atoms with Gasteiger partial charge in [0.1, 0.15) is 0 Å². The van der Waals surface area contributed by atoms with Crippen LogP contribution in [0.5, 0.6) is 0 Å². The van der Waals surface area contributed by atoms with Crippen molar-refractivity contribution >= 4 is 5.91 Å². The molecule has 0 aliphatic rings. The van der Waals surface area contributed by atoms with Crippen LogP contribution in [0.2, 0.25) is 0 Å². The number of benzene rings is 2. The summed E-state index contributed by atoms with van der Waals surface area (Å²) in [5, 5.41) is 18.3. The zero-order valence-electron chi connectivity index (χ0n) is 15.4. The Morgan fingerprint density at radius 3 is 2.48 bits per heavy atom. The van der Waals surface area contributed by atoms with Gasteiger partial charge in [0.05, 0.1) is 12.3 Å². The molecule has 0 spiro atoms. The lowest BCUT2D eigenvalue weighted by molar-refractivity contribution is 0.0755. The van der Waals surface area contributed by atoms with Crippen molar-refractivity contribution in [2.75, 3.05) is 13.6 Å². The van der Waals surface area contributed by atoms with E-state index in [9.17, 15) is 9.90 Å². The topological polar surface area (TPSA) is 71.2 Å². The van der Waals surface area contributed by atoms with Gasteiger partial charge in [-0.1, -0.05) is 65.9 Å². The lowest BCUT2D eigenvalue weighted by atomic mass is 10.1. The predicted molar refractivity (Wildman–Crippen MR) is 103 cm³/mol. The second kappa shape index (κ2) is 9.09. The van der Waals surface area contributed by atoms with Crippen molar-refractivity contribution in [3.63, 3.8) is 0 Å². The zero-order valence-corrected chi connectivity index (χ0v) is 15.4. The van der Waals surface area contributed by atoms with Crippen LogP contribution in [0.15, 0.2) is 66.9 Å². The molecule has 1 unspecified atom stereocenters. The molecule has 6 heteroatoms. The average Bonchev–Trinajstić information content (AvgIpc) is 3.20. The van der Waals surface area contributed by atoms with Crippen molar-refractivity contribution in [1.82, 2.24) is 19.9 Å². The fourth-order valence-electron chi connectivity index (χ4n) is 2.85.